The van der Waals surface area contributed by atoms with E-state index in [0.29, 0.717) is 24.3 Å². The first-order valence-corrected chi connectivity index (χ1v) is 11.9. The summed E-state index contributed by atoms with van der Waals surface area (Å²) >= 11 is 1.40. The van der Waals surface area contributed by atoms with Gasteiger partial charge in [0.05, 0.1) is 18.5 Å². The molecule has 2 aliphatic heterocycles. The average molecular weight is 458 g/mol. The molecule has 32 heavy (non-hydrogen) atoms. The molecule has 0 bridgehead atoms. The first-order valence-electron chi connectivity index (χ1n) is 10.9. The molecule has 2 amide bonds. The SMILES string of the molecule is O=C(NCc1ccccc1CN1CCOCC1)[C@@H]1CS[C@H](Cc2ccccc2F)C(=O)N1. The molecule has 6 nitrogen and oxygen atoms in total. The monoisotopic (exact) mass is 457 g/mol. The van der Waals surface area contributed by atoms with Crippen LogP contribution in [0.1, 0.15) is 16.7 Å². The lowest BCUT2D eigenvalue weighted by molar-refractivity contribution is -0.128. The minimum Gasteiger partial charge on any atom is -0.379 e. The Balaban J connectivity index is 1.29. The van der Waals surface area contributed by atoms with Gasteiger partial charge in [-0.05, 0) is 29.2 Å². The summed E-state index contributed by atoms with van der Waals surface area (Å²) in [5.41, 5.74) is 2.76. The number of halogens is 1. The summed E-state index contributed by atoms with van der Waals surface area (Å²) in [4.78, 5) is 27.6. The van der Waals surface area contributed by atoms with Crippen LogP contribution in [0.3, 0.4) is 0 Å². The van der Waals surface area contributed by atoms with Crippen LogP contribution in [0.2, 0.25) is 0 Å². The van der Waals surface area contributed by atoms with Crippen LogP contribution in [0.5, 0.6) is 0 Å². The minimum atomic E-state index is -0.587. The van der Waals surface area contributed by atoms with Crippen molar-refractivity contribution in [3.8, 4) is 0 Å². The molecule has 0 saturated carbocycles. The van der Waals surface area contributed by atoms with Gasteiger partial charge < -0.3 is 15.4 Å². The molecular weight excluding hydrogens is 429 g/mol. The van der Waals surface area contributed by atoms with Crippen LogP contribution >= 0.6 is 11.8 Å². The number of nitrogens with one attached hydrogen (secondary N) is 2. The number of rotatable bonds is 7. The number of hydrogen-bond acceptors (Lipinski definition) is 5. The minimum absolute atomic E-state index is 0.198. The second kappa shape index (κ2) is 10.9. The summed E-state index contributed by atoms with van der Waals surface area (Å²) in [5, 5.41) is 5.38. The predicted molar refractivity (Wildman–Crippen MR) is 123 cm³/mol. The summed E-state index contributed by atoms with van der Waals surface area (Å²) in [6.07, 6.45) is 0.312. The molecule has 2 aromatic carbocycles. The van der Waals surface area contributed by atoms with Crippen LogP contribution < -0.4 is 10.6 Å². The van der Waals surface area contributed by atoms with E-state index in [2.05, 4.69) is 21.6 Å². The Hall–Kier alpha value is -2.42. The number of hydrogen-bond donors (Lipinski definition) is 2. The molecule has 0 aromatic heterocycles. The molecule has 2 aliphatic rings. The smallest absolute Gasteiger partial charge is 0.243 e. The highest BCUT2D eigenvalue weighted by atomic mass is 32.2. The number of thioether (sulfide) groups is 1. The van der Waals surface area contributed by atoms with Crippen molar-refractivity contribution >= 4 is 23.6 Å². The zero-order valence-corrected chi connectivity index (χ0v) is 18.7. The van der Waals surface area contributed by atoms with Crippen LogP contribution in [0.25, 0.3) is 0 Å². The van der Waals surface area contributed by atoms with Gasteiger partial charge in [0.15, 0.2) is 0 Å². The van der Waals surface area contributed by atoms with Crippen molar-refractivity contribution in [1.82, 2.24) is 15.5 Å². The summed E-state index contributed by atoms with van der Waals surface area (Å²) in [7, 11) is 0. The Morgan fingerprint density at radius 2 is 1.78 bits per heavy atom. The number of amides is 2. The van der Waals surface area contributed by atoms with Gasteiger partial charge in [-0.15, -0.1) is 11.8 Å². The molecule has 2 atom stereocenters. The highest BCUT2D eigenvalue weighted by Crippen LogP contribution is 2.23. The topological polar surface area (TPSA) is 70.7 Å². The molecule has 2 aromatic rings. The lowest BCUT2D eigenvalue weighted by Crippen LogP contribution is -2.54. The molecule has 2 saturated heterocycles. The van der Waals surface area contributed by atoms with Crippen molar-refractivity contribution in [3.63, 3.8) is 0 Å². The maximum atomic E-state index is 13.9. The van der Waals surface area contributed by atoms with E-state index in [0.717, 1.165) is 38.4 Å². The van der Waals surface area contributed by atoms with Gasteiger partial charge in [0.25, 0.3) is 0 Å². The highest BCUT2D eigenvalue weighted by Gasteiger charge is 2.32. The van der Waals surface area contributed by atoms with E-state index in [9.17, 15) is 14.0 Å². The second-order valence-corrected chi connectivity index (χ2v) is 9.29. The molecular formula is C24H28FN3O3S. The van der Waals surface area contributed by atoms with E-state index in [4.69, 9.17) is 4.74 Å². The first kappa shape index (κ1) is 22.8. The van der Waals surface area contributed by atoms with E-state index in [1.54, 1.807) is 18.2 Å². The number of carbonyl (C=O) groups is 2. The Morgan fingerprint density at radius 3 is 2.50 bits per heavy atom. The van der Waals surface area contributed by atoms with Gasteiger partial charge in [-0.3, -0.25) is 14.5 Å². The Morgan fingerprint density at radius 1 is 1.09 bits per heavy atom. The van der Waals surface area contributed by atoms with Gasteiger partial charge in [0.2, 0.25) is 11.8 Å². The fourth-order valence-electron chi connectivity index (χ4n) is 3.94. The van der Waals surface area contributed by atoms with Crippen LogP contribution in [-0.2, 0) is 33.8 Å². The van der Waals surface area contributed by atoms with Gasteiger partial charge in [-0.25, -0.2) is 4.39 Å². The van der Waals surface area contributed by atoms with Crippen molar-refractivity contribution < 1.29 is 18.7 Å². The summed E-state index contributed by atoms with van der Waals surface area (Å²) in [6.45, 7) is 4.53. The largest absolute Gasteiger partial charge is 0.379 e. The van der Waals surface area contributed by atoms with E-state index in [-0.39, 0.29) is 17.6 Å². The quantitative estimate of drug-likeness (QED) is 0.667. The molecule has 2 heterocycles. The van der Waals surface area contributed by atoms with Gasteiger partial charge >= 0.3 is 0 Å². The van der Waals surface area contributed by atoms with Crippen molar-refractivity contribution in [2.75, 3.05) is 32.1 Å². The lowest BCUT2D eigenvalue weighted by atomic mass is 10.1. The summed E-state index contributed by atoms with van der Waals surface area (Å²) in [5.74, 6) is -0.267. The number of benzene rings is 2. The molecule has 0 radical (unpaired) electrons. The zero-order valence-electron chi connectivity index (χ0n) is 17.9. The molecule has 4 rings (SSSR count). The molecule has 2 N–H and O–H groups in total. The van der Waals surface area contributed by atoms with Crippen LogP contribution in [0, 0.1) is 5.82 Å². The van der Waals surface area contributed by atoms with Gasteiger partial charge in [0.1, 0.15) is 11.9 Å². The maximum Gasteiger partial charge on any atom is 0.243 e. The number of morpholine rings is 1. The molecule has 170 valence electrons. The zero-order chi connectivity index (χ0) is 22.3. The maximum absolute atomic E-state index is 13.9. The number of ether oxygens (including phenoxy) is 1. The Labute approximate surface area is 191 Å². The highest BCUT2D eigenvalue weighted by molar-refractivity contribution is 8.00. The van der Waals surface area contributed by atoms with E-state index in [1.807, 2.05) is 18.2 Å². The predicted octanol–water partition coefficient (Wildman–Crippen LogP) is 2.12. The molecule has 0 spiro atoms. The Bertz CT molecular complexity index is 952. The first-order chi connectivity index (χ1) is 15.6. The molecule has 0 aliphatic carbocycles. The molecule has 8 heteroatoms. The van der Waals surface area contributed by atoms with Gasteiger partial charge in [0, 0.05) is 31.9 Å². The summed E-state index contributed by atoms with van der Waals surface area (Å²) < 4.78 is 19.3. The van der Waals surface area contributed by atoms with Gasteiger partial charge in [-0.1, -0.05) is 42.5 Å². The van der Waals surface area contributed by atoms with E-state index >= 15 is 0 Å². The fourth-order valence-corrected chi connectivity index (χ4v) is 5.12. The van der Waals surface area contributed by atoms with Crippen molar-refractivity contribution in [3.05, 3.63) is 71.0 Å². The number of carbonyl (C=O) groups excluding carboxylic acids is 2. The average Bonchev–Trinajstić information content (AvgIpc) is 2.81. The van der Waals surface area contributed by atoms with Crippen molar-refractivity contribution in [2.24, 2.45) is 0 Å². The van der Waals surface area contributed by atoms with Crippen molar-refractivity contribution in [2.45, 2.75) is 30.8 Å². The van der Waals surface area contributed by atoms with Crippen molar-refractivity contribution in [1.29, 1.82) is 0 Å². The normalized spacial score (nSPS) is 21.7. The standard InChI is InChI=1S/C24H28FN3O3S/c25-20-8-4-3-5-17(20)13-22-24(30)27-21(16-32-22)23(29)26-14-18-6-1-2-7-19(18)15-28-9-11-31-12-10-28/h1-8,21-22H,9-16H2,(H,26,29)(H,27,30)/t21-,22+/m0/s1. The Kier molecular flexibility index (Phi) is 7.78. The number of nitrogens with zero attached hydrogens (tertiary/aromatic N) is 1. The molecule has 2 fully saturated rings. The van der Waals surface area contributed by atoms with Crippen LogP contribution in [0.4, 0.5) is 4.39 Å². The third-order valence-electron chi connectivity index (χ3n) is 5.82. The summed E-state index contributed by atoms with van der Waals surface area (Å²) in [6, 6.07) is 14.0. The fraction of sp³-hybridized carbons (Fsp3) is 0.417. The third kappa shape index (κ3) is 5.88. The van der Waals surface area contributed by atoms with Crippen LogP contribution in [-0.4, -0.2) is 60.1 Å². The van der Waals surface area contributed by atoms with E-state index in [1.165, 1.54) is 23.4 Å². The van der Waals surface area contributed by atoms with Gasteiger partial charge in [-0.2, -0.15) is 0 Å². The lowest BCUT2D eigenvalue weighted by Gasteiger charge is -2.29. The van der Waals surface area contributed by atoms with Crippen LogP contribution in [0.15, 0.2) is 48.5 Å². The third-order valence-corrected chi connectivity index (χ3v) is 7.13. The van der Waals surface area contributed by atoms with E-state index < -0.39 is 11.3 Å². The second-order valence-electron chi connectivity index (χ2n) is 8.05. The molecule has 0 unspecified atom stereocenters.